The largest absolute Gasteiger partial charge is 0.359 e. The van der Waals surface area contributed by atoms with Crippen LogP contribution in [0.4, 0.5) is 10.5 Å². The highest BCUT2D eigenvalue weighted by molar-refractivity contribution is 5.93. The molecule has 1 aliphatic heterocycles. The molecule has 2 aromatic rings. The number of aromatic nitrogens is 1. The van der Waals surface area contributed by atoms with E-state index in [1.807, 2.05) is 25.1 Å². The number of urea groups is 1. The number of amides is 2. The van der Waals surface area contributed by atoms with Gasteiger partial charge in [0.2, 0.25) is 0 Å². The van der Waals surface area contributed by atoms with Crippen molar-refractivity contribution in [2.75, 3.05) is 45.1 Å². The van der Waals surface area contributed by atoms with Crippen molar-refractivity contribution in [3.63, 3.8) is 0 Å². The first-order chi connectivity index (χ1) is 11.5. The number of rotatable bonds is 4. The number of benzene rings is 1. The molecule has 0 saturated carbocycles. The lowest BCUT2D eigenvalue weighted by atomic mass is 10.2. The first-order valence-electron chi connectivity index (χ1n) is 8.58. The summed E-state index contributed by atoms with van der Waals surface area (Å²) in [6.07, 6.45) is 0. The molecule has 1 saturated heterocycles. The Morgan fingerprint density at radius 1 is 1.25 bits per heavy atom. The summed E-state index contributed by atoms with van der Waals surface area (Å²) in [5.41, 5.74) is 3.01. The zero-order valence-electron chi connectivity index (χ0n) is 14.7. The van der Waals surface area contributed by atoms with E-state index in [2.05, 4.69) is 45.5 Å². The minimum absolute atomic E-state index is 0.150. The van der Waals surface area contributed by atoms with Crippen molar-refractivity contribution < 1.29 is 4.79 Å². The molecular formula is C18H27N5O. The van der Waals surface area contributed by atoms with Gasteiger partial charge in [-0.15, -0.1) is 0 Å². The number of nitrogens with one attached hydrogen (secondary N) is 3. The number of hydrogen-bond acceptors (Lipinski definition) is 3. The number of piperazine rings is 1. The van der Waals surface area contributed by atoms with Crippen LogP contribution >= 0.6 is 0 Å². The normalized spacial score (nSPS) is 17.8. The highest BCUT2D eigenvalue weighted by atomic mass is 16.2. The van der Waals surface area contributed by atoms with Crippen LogP contribution in [0.3, 0.4) is 0 Å². The Morgan fingerprint density at radius 2 is 2.00 bits per heavy atom. The summed E-state index contributed by atoms with van der Waals surface area (Å²) in [7, 11) is 2.15. The Morgan fingerprint density at radius 3 is 2.75 bits per heavy atom. The fraction of sp³-hybridized carbons (Fsp3) is 0.500. The maximum atomic E-state index is 12.1. The zero-order chi connectivity index (χ0) is 17.1. The van der Waals surface area contributed by atoms with Gasteiger partial charge in [0, 0.05) is 61.0 Å². The van der Waals surface area contributed by atoms with Crippen LogP contribution in [0.2, 0.25) is 0 Å². The summed E-state index contributed by atoms with van der Waals surface area (Å²) in [6, 6.07) is 8.17. The Balaban J connectivity index is 1.49. The second kappa shape index (κ2) is 7.23. The van der Waals surface area contributed by atoms with Crippen LogP contribution in [0.1, 0.15) is 12.6 Å². The van der Waals surface area contributed by atoms with Gasteiger partial charge in [0.1, 0.15) is 0 Å². The van der Waals surface area contributed by atoms with Crippen LogP contribution < -0.4 is 10.6 Å². The van der Waals surface area contributed by atoms with Crippen LogP contribution in [0.25, 0.3) is 10.9 Å². The third-order valence-electron chi connectivity index (χ3n) is 4.73. The molecule has 0 spiro atoms. The van der Waals surface area contributed by atoms with Gasteiger partial charge in [-0.3, -0.25) is 4.90 Å². The standard InChI is InChI=1S/C18H27N5O/c1-13-10-15-11-16(4-5-17(15)20-13)21-18(24)19-12-14(2)23-8-6-22(3)7-9-23/h4-5,10-11,14,20H,6-9,12H2,1-3H3,(H2,19,21,24). The molecule has 0 aliphatic carbocycles. The van der Waals surface area contributed by atoms with Gasteiger partial charge >= 0.3 is 6.03 Å². The quantitative estimate of drug-likeness (QED) is 0.806. The van der Waals surface area contributed by atoms with E-state index >= 15 is 0 Å². The summed E-state index contributed by atoms with van der Waals surface area (Å²) < 4.78 is 0. The molecule has 2 heterocycles. The molecule has 24 heavy (non-hydrogen) atoms. The van der Waals surface area contributed by atoms with Crippen LogP contribution in [0, 0.1) is 6.92 Å². The van der Waals surface area contributed by atoms with Gasteiger partial charge in [0.15, 0.2) is 0 Å². The molecule has 6 nitrogen and oxygen atoms in total. The molecule has 3 rings (SSSR count). The second-order valence-corrected chi connectivity index (χ2v) is 6.78. The summed E-state index contributed by atoms with van der Waals surface area (Å²) in [5, 5.41) is 7.01. The number of H-pyrrole nitrogens is 1. The van der Waals surface area contributed by atoms with E-state index in [0.29, 0.717) is 12.6 Å². The predicted molar refractivity (Wildman–Crippen MR) is 98.6 cm³/mol. The van der Waals surface area contributed by atoms with E-state index in [9.17, 15) is 4.79 Å². The molecule has 0 bridgehead atoms. The van der Waals surface area contributed by atoms with E-state index in [0.717, 1.165) is 48.5 Å². The fourth-order valence-electron chi connectivity index (χ4n) is 3.16. The second-order valence-electron chi connectivity index (χ2n) is 6.78. The highest BCUT2D eigenvalue weighted by Gasteiger charge is 2.19. The minimum Gasteiger partial charge on any atom is -0.359 e. The molecule has 3 N–H and O–H groups in total. The molecule has 1 unspecified atom stereocenters. The summed E-state index contributed by atoms with van der Waals surface area (Å²) in [6.45, 7) is 9.15. The monoisotopic (exact) mass is 329 g/mol. The number of fused-ring (bicyclic) bond motifs is 1. The SMILES string of the molecule is Cc1cc2cc(NC(=O)NCC(C)N3CCN(C)CC3)ccc2[nH]1. The minimum atomic E-state index is -0.150. The summed E-state index contributed by atoms with van der Waals surface area (Å²) in [4.78, 5) is 20.2. The van der Waals surface area contributed by atoms with Crippen molar-refractivity contribution in [2.24, 2.45) is 0 Å². The highest BCUT2D eigenvalue weighted by Crippen LogP contribution is 2.19. The third-order valence-corrected chi connectivity index (χ3v) is 4.73. The maximum absolute atomic E-state index is 12.1. The molecule has 2 amide bonds. The molecule has 1 aromatic carbocycles. The molecule has 0 radical (unpaired) electrons. The maximum Gasteiger partial charge on any atom is 0.319 e. The van der Waals surface area contributed by atoms with Crippen LogP contribution in [-0.2, 0) is 0 Å². The molecular weight excluding hydrogens is 302 g/mol. The van der Waals surface area contributed by atoms with Crippen molar-refractivity contribution in [3.05, 3.63) is 30.0 Å². The zero-order valence-corrected chi connectivity index (χ0v) is 14.7. The lowest BCUT2D eigenvalue weighted by Gasteiger charge is -2.36. The van der Waals surface area contributed by atoms with Gasteiger partial charge in [0.25, 0.3) is 0 Å². The molecule has 1 aromatic heterocycles. The molecule has 1 aliphatic rings. The van der Waals surface area contributed by atoms with Crippen molar-refractivity contribution in [3.8, 4) is 0 Å². The number of carbonyl (C=O) groups is 1. The lowest BCUT2D eigenvalue weighted by Crippen LogP contribution is -2.51. The number of nitrogens with zero attached hydrogens (tertiary/aromatic N) is 2. The number of aromatic amines is 1. The number of aryl methyl sites for hydroxylation is 1. The molecule has 1 fully saturated rings. The van der Waals surface area contributed by atoms with Crippen molar-refractivity contribution in [2.45, 2.75) is 19.9 Å². The Kier molecular flexibility index (Phi) is 5.06. The van der Waals surface area contributed by atoms with Crippen LogP contribution in [0.15, 0.2) is 24.3 Å². The van der Waals surface area contributed by atoms with Crippen molar-refractivity contribution in [1.29, 1.82) is 0 Å². The van der Waals surface area contributed by atoms with Crippen molar-refractivity contribution >= 4 is 22.6 Å². The average molecular weight is 329 g/mol. The van der Waals surface area contributed by atoms with E-state index in [1.165, 1.54) is 0 Å². The van der Waals surface area contributed by atoms with E-state index in [1.54, 1.807) is 0 Å². The summed E-state index contributed by atoms with van der Waals surface area (Å²) >= 11 is 0. The Hall–Kier alpha value is -2.05. The van der Waals surface area contributed by atoms with Gasteiger partial charge in [-0.2, -0.15) is 0 Å². The van der Waals surface area contributed by atoms with Crippen molar-refractivity contribution in [1.82, 2.24) is 20.1 Å². The number of carbonyl (C=O) groups excluding carboxylic acids is 1. The van der Waals surface area contributed by atoms with Crippen LogP contribution in [0.5, 0.6) is 0 Å². The molecule has 1 atom stereocenters. The van der Waals surface area contributed by atoms with E-state index in [4.69, 9.17) is 0 Å². The van der Waals surface area contributed by atoms with E-state index in [-0.39, 0.29) is 6.03 Å². The third kappa shape index (κ3) is 4.07. The van der Waals surface area contributed by atoms with Crippen LogP contribution in [-0.4, -0.2) is 66.6 Å². The topological polar surface area (TPSA) is 63.4 Å². The van der Waals surface area contributed by atoms with Gasteiger partial charge in [-0.25, -0.2) is 4.79 Å². The average Bonchev–Trinajstić information content (AvgIpc) is 2.92. The Bertz CT molecular complexity index is 702. The predicted octanol–water partition coefficient (Wildman–Crippen LogP) is 2.23. The number of likely N-dealkylation sites (N-methyl/N-ethyl adjacent to an activating group) is 1. The van der Waals surface area contributed by atoms with Gasteiger partial charge in [-0.05, 0) is 45.2 Å². The lowest BCUT2D eigenvalue weighted by molar-refractivity contribution is 0.119. The summed E-state index contributed by atoms with van der Waals surface area (Å²) in [5.74, 6) is 0. The van der Waals surface area contributed by atoms with Gasteiger partial charge < -0.3 is 20.5 Å². The molecule has 130 valence electrons. The first-order valence-corrected chi connectivity index (χ1v) is 8.58. The van der Waals surface area contributed by atoms with Gasteiger partial charge in [0.05, 0.1) is 0 Å². The molecule has 6 heteroatoms. The number of hydrogen-bond donors (Lipinski definition) is 3. The van der Waals surface area contributed by atoms with Gasteiger partial charge in [-0.1, -0.05) is 0 Å². The Labute approximate surface area is 143 Å². The number of anilines is 1. The smallest absolute Gasteiger partial charge is 0.319 e. The fourth-order valence-corrected chi connectivity index (χ4v) is 3.16. The van der Waals surface area contributed by atoms with E-state index < -0.39 is 0 Å². The first kappa shape index (κ1) is 16.8.